The number of carbonyl (C=O) groups excluding carboxylic acids is 1. The third kappa shape index (κ3) is 4.19. The smallest absolute Gasteiger partial charge is 0.332 e. The minimum Gasteiger partial charge on any atom is -0.497 e. The van der Waals surface area contributed by atoms with E-state index in [-0.39, 0.29) is 17.8 Å². The summed E-state index contributed by atoms with van der Waals surface area (Å²) in [6.07, 6.45) is 0. The van der Waals surface area contributed by atoms with Gasteiger partial charge in [-0.05, 0) is 41.5 Å². The van der Waals surface area contributed by atoms with Gasteiger partial charge in [-0.3, -0.25) is 18.7 Å². The summed E-state index contributed by atoms with van der Waals surface area (Å²) in [6, 6.07) is 14.4. The Hall–Kier alpha value is -3.72. The number of rotatable bonds is 6. The average Bonchev–Trinajstić information content (AvgIpc) is 3.26. The van der Waals surface area contributed by atoms with Gasteiger partial charge in [0.25, 0.3) is 11.5 Å². The number of hydrogen-bond donors (Lipinski definition) is 1. The van der Waals surface area contributed by atoms with Crippen molar-refractivity contribution < 1.29 is 13.9 Å². The van der Waals surface area contributed by atoms with Gasteiger partial charge in [0, 0.05) is 13.6 Å². The van der Waals surface area contributed by atoms with Crippen LogP contribution in [0, 0.1) is 5.82 Å². The molecule has 4 rings (SSSR count). The second-order valence-corrected chi connectivity index (χ2v) is 8.25. The maximum Gasteiger partial charge on any atom is 0.332 e. The standard InChI is InChI=1S/C23H20FN3O4S/c1-26-22-18(21(29)27(23(26)30)13-15-3-7-16(24)8-4-15)11-19(32-22)20(28)25-12-14-5-9-17(31-2)10-6-14/h3-11H,12-13H2,1-2H3,(H,25,28). The number of amides is 1. The number of aryl methyl sites for hydroxylation is 1. The van der Waals surface area contributed by atoms with Gasteiger partial charge in [0.05, 0.1) is 23.9 Å². The van der Waals surface area contributed by atoms with Crippen LogP contribution in [0.15, 0.2) is 64.2 Å². The fourth-order valence-corrected chi connectivity index (χ4v) is 4.34. The third-order valence-corrected chi connectivity index (χ3v) is 6.31. The van der Waals surface area contributed by atoms with Crippen LogP contribution in [0.1, 0.15) is 20.8 Å². The molecular formula is C23H20FN3O4S. The number of benzene rings is 2. The van der Waals surface area contributed by atoms with Crippen molar-refractivity contribution in [2.24, 2.45) is 7.05 Å². The summed E-state index contributed by atoms with van der Waals surface area (Å²) in [4.78, 5) is 39.2. The van der Waals surface area contributed by atoms with Crippen LogP contribution in [0.3, 0.4) is 0 Å². The highest BCUT2D eigenvalue weighted by atomic mass is 32.1. The van der Waals surface area contributed by atoms with Crippen LogP contribution in [0.5, 0.6) is 5.75 Å². The van der Waals surface area contributed by atoms with E-state index in [4.69, 9.17) is 4.74 Å². The SMILES string of the molecule is COc1ccc(CNC(=O)c2cc3c(=O)n(Cc4ccc(F)cc4)c(=O)n(C)c3s2)cc1. The summed E-state index contributed by atoms with van der Waals surface area (Å²) in [5.41, 5.74) is 0.531. The zero-order chi connectivity index (χ0) is 22.8. The molecule has 0 aliphatic rings. The van der Waals surface area contributed by atoms with Gasteiger partial charge in [-0.1, -0.05) is 24.3 Å². The Kier molecular flexibility index (Phi) is 5.91. The first kappa shape index (κ1) is 21.5. The van der Waals surface area contributed by atoms with Crippen molar-refractivity contribution in [3.8, 4) is 5.75 Å². The maximum atomic E-state index is 13.2. The summed E-state index contributed by atoms with van der Waals surface area (Å²) in [5, 5.41) is 3.11. The highest BCUT2D eigenvalue weighted by Crippen LogP contribution is 2.22. The van der Waals surface area contributed by atoms with Crippen LogP contribution in [0.4, 0.5) is 4.39 Å². The normalized spacial score (nSPS) is 11.0. The Morgan fingerprint density at radius 3 is 2.38 bits per heavy atom. The molecule has 164 valence electrons. The van der Waals surface area contributed by atoms with Gasteiger partial charge in [0.2, 0.25) is 0 Å². The molecule has 1 N–H and O–H groups in total. The summed E-state index contributed by atoms with van der Waals surface area (Å²) in [5.74, 6) is -0.00560. The van der Waals surface area contributed by atoms with Crippen molar-refractivity contribution in [2.45, 2.75) is 13.1 Å². The van der Waals surface area contributed by atoms with E-state index in [9.17, 15) is 18.8 Å². The largest absolute Gasteiger partial charge is 0.497 e. The number of nitrogens with zero attached hydrogens (tertiary/aromatic N) is 2. The fourth-order valence-electron chi connectivity index (χ4n) is 3.32. The molecule has 0 unspecified atom stereocenters. The zero-order valence-electron chi connectivity index (χ0n) is 17.4. The van der Waals surface area contributed by atoms with Gasteiger partial charge >= 0.3 is 5.69 Å². The van der Waals surface area contributed by atoms with Gasteiger partial charge in [-0.2, -0.15) is 0 Å². The molecule has 0 saturated carbocycles. The Morgan fingerprint density at radius 2 is 1.72 bits per heavy atom. The Morgan fingerprint density at radius 1 is 1.06 bits per heavy atom. The molecule has 0 aliphatic heterocycles. The van der Waals surface area contributed by atoms with E-state index < -0.39 is 17.1 Å². The summed E-state index contributed by atoms with van der Waals surface area (Å²) >= 11 is 1.09. The molecule has 2 aromatic carbocycles. The van der Waals surface area contributed by atoms with Crippen LogP contribution >= 0.6 is 11.3 Å². The summed E-state index contributed by atoms with van der Waals surface area (Å²) < 4.78 is 20.7. The van der Waals surface area contributed by atoms with Gasteiger partial charge < -0.3 is 10.1 Å². The second-order valence-electron chi connectivity index (χ2n) is 7.22. The first-order valence-corrected chi connectivity index (χ1v) is 10.6. The Labute approximate surface area is 186 Å². The van der Waals surface area contributed by atoms with E-state index in [1.165, 1.54) is 34.9 Å². The van der Waals surface area contributed by atoms with E-state index >= 15 is 0 Å². The van der Waals surface area contributed by atoms with Gasteiger partial charge in [-0.15, -0.1) is 11.3 Å². The van der Waals surface area contributed by atoms with Crippen LogP contribution < -0.4 is 21.3 Å². The molecule has 0 atom stereocenters. The van der Waals surface area contributed by atoms with E-state index in [1.54, 1.807) is 26.3 Å². The lowest BCUT2D eigenvalue weighted by molar-refractivity contribution is 0.0955. The van der Waals surface area contributed by atoms with Crippen LogP contribution in [-0.2, 0) is 20.1 Å². The van der Waals surface area contributed by atoms with Crippen LogP contribution in [-0.4, -0.2) is 22.2 Å². The lowest BCUT2D eigenvalue weighted by atomic mass is 10.2. The fraction of sp³-hybridized carbons (Fsp3) is 0.174. The molecule has 0 aliphatic carbocycles. The lowest BCUT2D eigenvalue weighted by Crippen LogP contribution is -2.38. The topological polar surface area (TPSA) is 82.3 Å². The number of carbonyl (C=O) groups is 1. The Balaban J connectivity index is 1.61. The monoisotopic (exact) mass is 453 g/mol. The number of ether oxygens (including phenoxy) is 1. The molecule has 2 aromatic heterocycles. The number of methoxy groups -OCH3 is 1. The van der Waals surface area contributed by atoms with Crippen molar-refractivity contribution in [3.05, 3.63) is 97.3 Å². The van der Waals surface area contributed by atoms with E-state index in [2.05, 4.69) is 5.32 Å². The molecule has 7 nitrogen and oxygen atoms in total. The first-order valence-electron chi connectivity index (χ1n) is 9.76. The zero-order valence-corrected chi connectivity index (χ0v) is 18.2. The molecule has 0 saturated heterocycles. The van der Waals surface area contributed by atoms with Gasteiger partial charge in [-0.25, -0.2) is 9.18 Å². The van der Waals surface area contributed by atoms with E-state index in [1.807, 2.05) is 12.1 Å². The van der Waals surface area contributed by atoms with E-state index in [0.717, 1.165) is 27.2 Å². The molecule has 2 heterocycles. The molecule has 4 aromatic rings. The van der Waals surface area contributed by atoms with Crippen LogP contribution in [0.2, 0.25) is 0 Å². The number of fused-ring (bicyclic) bond motifs is 1. The molecule has 9 heteroatoms. The molecule has 1 amide bonds. The molecule has 0 bridgehead atoms. The van der Waals surface area contributed by atoms with E-state index in [0.29, 0.717) is 21.8 Å². The number of hydrogen-bond acceptors (Lipinski definition) is 5. The Bertz CT molecular complexity index is 1400. The highest BCUT2D eigenvalue weighted by Gasteiger charge is 2.18. The van der Waals surface area contributed by atoms with Crippen molar-refractivity contribution in [2.75, 3.05) is 7.11 Å². The van der Waals surface area contributed by atoms with Crippen molar-refractivity contribution in [3.63, 3.8) is 0 Å². The molecular weight excluding hydrogens is 433 g/mol. The molecule has 0 spiro atoms. The molecule has 0 radical (unpaired) electrons. The second kappa shape index (κ2) is 8.80. The summed E-state index contributed by atoms with van der Waals surface area (Å²) in [7, 11) is 3.14. The highest BCUT2D eigenvalue weighted by molar-refractivity contribution is 7.20. The number of halogens is 1. The van der Waals surface area contributed by atoms with Crippen molar-refractivity contribution in [1.82, 2.24) is 14.5 Å². The lowest BCUT2D eigenvalue weighted by Gasteiger charge is -2.08. The predicted molar refractivity (Wildman–Crippen MR) is 121 cm³/mol. The number of nitrogens with one attached hydrogen (secondary N) is 1. The van der Waals surface area contributed by atoms with Crippen LogP contribution in [0.25, 0.3) is 10.2 Å². The predicted octanol–water partition coefficient (Wildman–Crippen LogP) is 2.89. The number of thiophene rings is 1. The third-order valence-electron chi connectivity index (χ3n) is 5.10. The average molecular weight is 453 g/mol. The quantitative estimate of drug-likeness (QED) is 0.487. The number of aromatic nitrogens is 2. The molecule has 32 heavy (non-hydrogen) atoms. The van der Waals surface area contributed by atoms with Gasteiger partial charge in [0.15, 0.2) is 0 Å². The van der Waals surface area contributed by atoms with Crippen molar-refractivity contribution in [1.29, 1.82) is 0 Å². The minimum absolute atomic E-state index is 0.0105. The first-order chi connectivity index (χ1) is 15.4. The maximum absolute atomic E-state index is 13.2. The minimum atomic E-state index is -0.501. The van der Waals surface area contributed by atoms with Crippen molar-refractivity contribution >= 4 is 27.5 Å². The summed E-state index contributed by atoms with van der Waals surface area (Å²) in [6.45, 7) is 0.321. The molecule has 0 fully saturated rings. The van der Waals surface area contributed by atoms with Gasteiger partial charge in [0.1, 0.15) is 16.4 Å².